The summed E-state index contributed by atoms with van der Waals surface area (Å²) in [5.41, 5.74) is 2.33. The lowest BCUT2D eigenvalue weighted by Gasteiger charge is -2.16. The second kappa shape index (κ2) is 8.28. The molecule has 0 amide bonds. The van der Waals surface area contributed by atoms with Crippen molar-refractivity contribution in [3.05, 3.63) is 71.8 Å². The van der Waals surface area contributed by atoms with Gasteiger partial charge >= 0.3 is 0 Å². The molecule has 0 aliphatic heterocycles. The minimum Gasteiger partial charge on any atom is -0.259 e. The van der Waals surface area contributed by atoms with Crippen LogP contribution in [-0.2, 0) is 16.6 Å². The van der Waals surface area contributed by atoms with Gasteiger partial charge in [0.15, 0.2) is 0 Å². The predicted octanol–water partition coefficient (Wildman–Crippen LogP) is 4.43. The van der Waals surface area contributed by atoms with E-state index in [2.05, 4.69) is 19.1 Å². The Morgan fingerprint density at radius 1 is 1.00 bits per heavy atom. The van der Waals surface area contributed by atoms with Crippen molar-refractivity contribution in [1.82, 2.24) is 0 Å². The number of rotatable bonds is 7. The topological polar surface area (TPSA) is 17.1 Å². The molecule has 0 fully saturated rings. The number of benzene rings is 2. The van der Waals surface area contributed by atoms with Crippen LogP contribution in [-0.4, -0.2) is 15.7 Å². The van der Waals surface area contributed by atoms with Gasteiger partial charge < -0.3 is 0 Å². The molecule has 0 unspecified atom stereocenters. The molecule has 1 nitrogen and oxygen atoms in total. The Labute approximate surface area is 128 Å². The zero-order chi connectivity index (χ0) is 14.2. The van der Waals surface area contributed by atoms with Crippen molar-refractivity contribution in [1.29, 1.82) is 0 Å². The lowest BCUT2D eigenvalue weighted by molar-refractivity contribution is 0.676. The Bertz CT molecular complexity index is 525. The average molecular weight is 304 g/mol. The Morgan fingerprint density at radius 3 is 2.20 bits per heavy atom. The summed E-state index contributed by atoms with van der Waals surface area (Å²) in [7, 11) is -0.882. The summed E-state index contributed by atoms with van der Waals surface area (Å²) in [5.74, 6) is 2.61. The molecule has 2 aromatic rings. The highest BCUT2D eigenvalue weighted by molar-refractivity contribution is 8.00. The van der Waals surface area contributed by atoms with Crippen molar-refractivity contribution in [3.8, 4) is 0 Å². The average Bonchev–Trinajstić information content (AvgIpc) is 2.50. The fraction of sp³-hybridized carbons (Fsp3) is 0.294. The molecule has 0 saturated carbocycles. The monoisotopic (exact) mass is 304 g/mol. The molecule has 106 valence electrons. The first-order chi connectivity index (χ1) is 9.81. The van der Waals surface area contributed by atoms with Crippen LogP contribution in [0.4, 0.5) is 0 Å². The van der Waals surface area contributed by atoms with Gasteiger partial charge in [-0.1, -0.05) is 67.6 Å². The molecule has 0 spiro atoms. The van der Waals surface area contributed by atoms with Gasteiger partial charge in [-0.05, 0) is 16.9 Å². The maximum Gasteiger partial charge on any atom is 0.0690 e. The summed E-state index contributed by atoms with van der Waals surface area (Å²) in [6.45, 7) is 2.15. The molecule has 0 aliphatic rings. The molecule has 0 N–H and O–H groups in total. The van der Waals surface area contributed by atoms with E-state index in [-0.39, 0.29) is 5.25 Å². The van der Waals surface area contributed by atoms with Gasteiger partial charge in [-0.15, -0.1) is 0 Å². The van der Waals surface area contributed by atoms with E-state index in [1.165, 1.54) is 5.56 Å². The van der Waals surface area contributed by atoms with Crippen LogP contribution in [0.1, 0.15) is 23.3 Å². The van der Waals surface area contributed by atoms with Gasteiger partial charge in [0.05, 0.1) is 5.25 Å². The highest BCUT2D eigenvalue weighted by Crippen LogP contribution is 2.26. The molecule has 20 heavy (non-hydrogen) atoms. The summed E-state index contributed by atoms with van der Waals surface area (Å²) >= 11 is 1.86. The third-order valence-corrected chi connectivity index (χ3v) is 5.99. The molecular weight excluding hydrogens is 284 g/mol. The zero-order valence-corrected chi connectivity index (χ0v) is 13.3. The van der Waals surface area contributed by atoms with Crippen molar-refractivity contribution >= 4 is 22.6 Å². The minimum atomic E-state index is -0.882. The summed E-state index contributed by atoms with van der Waals surface area (Å²) < 4.78 is 12.7. The molecule has 0 saturated heterocycles. The number of hydrogen-bond acceptors (Lipinski definition) is 2. The molecule has 0 aliphatic carbocycles. The first-order valence-electron chi connectivity index (χ1n) is 6.85. The third kappa shape index (κ3) is 4.50. The van der Waals surface area contributed by atoms with E-state index in [1.54, 1.807) is 0 Å². The van der Waals surface area contributed by atoms with Crippen LogP contribution in [0.15, 0.2) is 60.7 Å². The zero-order valence-electron chi connectivity index (χ0n) is 11.7. The van der Waals surface area contributed by atoms with Gasteiger partial charge in [0, 0.05) is 22.3 Å². The lowest BCUT2D eigenvalue weighted by Crippen LogP contribution is -2.11. The van der Waals surface area contributed by atoms with Crippen molar-refractivity contribution in [2.45, 2.75) is 17.9 Å². The smallest absolute Gasteiger partial charge is 0.0690 e. The molecule has 0 radical (unpaired) electrons. The molecule has 0 bridgehead atoms. The first-order valence-corrected chi connectivity index (χ1v) is 9.38. The van der Waals surface area contributed by atoms with Gasteiger partial charge in [-0.2, -0.15) is 11.8 Å². The summed E-state index contributed by atoms with van der Waals surface area (Å²) in [6.07, 6.45) is 0. The molecule has 0 aromatic heterocycles. The van der Waals surface area contributed by atoms with E-state index in [1.807, 2.05) is 60.3 Å². The largest absolute Gasteiger partial charge is 0.259 e. The first kappa shape index (κ1) is 15.3. The summed E-state index contributed by atoms with van der Waals surface area (Å²) in [4.78, 5) is 0. The van der Waals surface area contributed by atoms with Crippen molar-refractivity contribution in [2.75, 3.05) is 11.5 Å². The standard InChI is InChI=1S/C17H20OS2/c1-2-19-13-17(16-11-7-4-8-12-16)20(18)14-15-9-5-3-6-10-15/h3-12,17H,2,13-14H2,1H3/t17-,20-/m0/s1. The Morgan fingerprint density at radius 2 is 1.60 bits per heavy atom. The van der Waals surface area contributed by atoms with Crippen LogP contribution in [0.5, 0.6) is 0 Å². The number of thioether (sulfide) groups is 1. The van der Waals surface area contributed by atoms with Crippen LogP contribution in [0, 0.1) is 0 Å². The fourth-order valence-corrected chi connectivity index (χ4v) is 4.78. The summed E-state index contributed by atoms with van der Waals surface area (Å²) in [5, 5.41) is 0.112. The van der Waals surface area contributed by atoms with Gasteiger partial charge in [0.2, 0.25) is 0 Å². The number of hydrogen-bond donors (Lipinski definition) is 0. The van der Waals surface area contributed by atoms with E-state index < -0.39 is 10.8 Å². The Hall–Kier alpha value is -1.06. The minimum absolute atomic E-state index is 0.112. The van der Waals surface area contributed by atoms with Gasteiger partial charge in [-0.3, -0.25) is 4.21 Å². The van der Waals surface area contributed by atoms with Crippen LogP contribution in [0.25, 0.3) is 0 Å². The van der Waals surface area contributed by atoms with Crippen molar-refractivity contribution < 1.29 is 4.21 Å². The van der Waals surface area contributed by atoms with Gasteiger partial charge in [0.1, 0.15) is 0 Å². The van der Waals surface area contributed by atoms with Crippen LogP contribution in [0.2, 0.25) is 0 Å². The second-order valence-electron chi connectivity index (χ2n) is 4.57. The van der Waals surface area contributed by atoms with Gasteiger partial charge in [-0.25, -0.2) is 0 Å². The van der Waals surface area contributed by atoms with E-state index in [4.69, 9.17) is 0 Å². The SMILES string of the molecule is CCSC[C@@H](c1ccccc1)[S@@](=O)Cc1ccccc1. The van der Waals surface area contributed by atoms with Crippen LogP contribution >= 0.6 is 11.8 Å². The van der Waals surface area contributed by atoms with E-state index in [9.17, 15) is 4.21 Å². The van der Waals surface area contributed by atoms with E-state index >= 15 is 0 Å². The normalized spacial score (nSPS) is 13.8. The predicted molar refractivity (Wildman–Crippen MR) is 90.5 cm³/mol. The van der Waals surface area contributed by atoms with E-state index in [0.29, 0.717) is 5.75 Å². The van der Waals surface area contributed by atoms with E-state index in [0.717, 1.165) is 17.1 Å². The second-order valence-corrected chi connectivity index (χ2v) is 7.51. The van der Waals surface area contributed by atoms with Crippen molar-refractivity contribution in [3.63, 3.8) is 0 Å². The third-order valence-electron chi connectivity index (χ3n) is 3.11. The molecule has 0 heterocycles. The molecule has 3 heteroatoms. The fourth-order valence-electron chi connectivity index (χ4n) is 2.06. The summed E-state index contributed by atoms with van der Waals surface area (Å²) in [6, 6.07) is 20.3. The quantitative estimate of drug-likeness (QED) is 0.752. The highest BCUT2D eigenvalue weighted by Gasteiger charge is 2.18. The molecule has 2 rings (SSSR count). The molecule has 2 aromatic carbocycles. The van der Waals surface area contributed by atoms with Crippen molar-refractivity contribution in [2.24, 2.45) is 0 Å². The molecular formula is C17H20OS2. The molecule has 2 atom stereocenters. The van der Waals surface area contributed by atoms with Gasteiger partial charge in [0.25, 0.3) is 0 Å². The Balaban J connectivity index is 2.12. The van der Waals surface area contributed by atoms with Crippen LogP contribution < -0.4 is 0 Å². The maximum absolute atomic E-state index is 12.7. The Kier molecular flexibility index (Phi) is 6.34. The van der Waals surface area contributed by atoms with Crippen LogP contribution in [0.3, 0.4) is 0 Å². The maximum atomic E-state index is 12.7. The highest BCUT2D eigenvalue weighted by atomic mass is 32.2. The lowest BCUT2D eigenvalue weighted by atomic mass is 10.2.